The summed E-state index contributed by atoms with van der Waals surface area (Å²) in [6.45, 7) is 3.77. The van der Waals surface area contributed by atoms with Crippen LogP contribution in [0.5, 0.6) is 0 Å². The molecule has 3 unspecified atom stereocenters. The van der Waals surface area contributed by atoms with Crippen LogP contribution >= 0.6 is 11.6 Å². The highest BCUT2D eigenvalue weighted by Gasteiger charge is 2.21. The summed E-state index contributed by atoms with van der Waals surface area (Å²) in [7, 11) is 0. The number of alkyl halides is 1. The molecule has 0 radical (unpaired) electrons. The first-order valence-electron chi connectivity index (χ1n) is 5.66. The fourth-order valence-electron chi connectivity index (χ4n) is 1.37. The van der Waals surface area contributed by atoms with Gasteiger partial charge >= 0.3 is 0 Å². The van der Waals surface area contributed by atoms with E-state index < -0.39 is 5.38 Å². The van der Waals surface area contributed by atoms with E-state index in [2.05, 4.69) is 5.32 Å². The molecule has 3 atom stereocenters. The summed E-state index contributed by atoms with van der Waals surface area (Å²) in [4.78, 5) is 11.8. The lowest BCUT2D eigenvalue weighted by molar-refractivity contribution is -0.121. The molecule has 0 aliphatic heterocycles. The zero-order chi connectivity index (χ0) is 12.8. The second kappa shape index (κ2) is 6.62. The van der Waals surface area contributed by atoms with E-state index in [1.165, 1.54) is 0 Å². The average Bonchev–Trinajstić information content (AvgIpc) is 2.37. The van der Waals surface area contributed by atoms with Crippen LogP contribution in [0.15, 0.2) is 30.3 Å². The Hall–Kier alpha value is -1.06. The number of rotatable bonds is 5. The maximum atomic E-state index is 11.8. The molecule has 94 valence electrons. The van der Waals surface area contributed by atoms with Crippen LogP contribution in [-0.2, 0) is 4.79 Å². The molecule has 0 fully saturated rings. The fraction of sp³-hybridized carbons (Fsp3) is 0.462. The minimum atomic E-state index is -0.690. The van der Waals surface area contributed by atoms with Crippen molar-refractivity contribution in [3.63, 3.8) is 0 Å². The third-order valence-electron chi connectivity index (χ3n) is 2.83. The molecule has 2 N–H and O–H groups in total. The van der Waals surface area contributed by atoms with E-state index in [0.717, 1.165) is 5.56 Å². The van der Waals surface area contributed by atoms with E-state index in [0.29, 0.717) is 0 Å². The Morgan fingerprint density at radius 1 is 1.35 bits per heavy atom. The molecule has 0 bridgehead atoms. The molecule has 3 nitrogen and oxygen atoms in total. The summed E-state index contributed by atoms with van der Waals surface area (Å²) in [5.74, 6) is -0.218. The molecule has 0 saturated heterocycles. The van der Waals surface area contributed by atoms with E-state index in [-0.39, 0.29) is 24.5 Å². The third kappa shape index (κ3) is 4.02. The SMILES string of the molecule is CC(CO)C(C)NC(=O)C(Cl)c1ccccc1. The minimum absolute atomic E-state index is 0.0126. The molecule has 1 amide bonds. The average molecular weight is 256 g/mol. The van der Waals surface area contributed by atoms with E-state index in [1.54, 1.807) is 0 Å². The minimum Gasteiger partial charge on any atom is -0.396 e. The molecule has 0 aromatic heterocycles. The molecule has 1 rings (SSSR count). The highest BCUT2D eigenvalue weighted by atomic mass is 35.5. The van der Waals surface area contributed by atoms with Crippen molar-refractivity contribution < 1.29 is 9.90 Å². The summed E-state index contributed by atoms with van der Waals surface area (Å²) in [6, 6.07) is 9.10. The Labute approximate surface area is 107 Å². The second-order valence-corrected chi connectivity index (χ2v) is 4.67. The van der Waals surface area contributed by atoms with E-state index in [4.69, 9.17) is 16.7 Å². The first-order valence-corrected chi connectivity index (χ1v) is 6.10. The fourth-order valence-corrected chi connectivity index (χ4v) is 1.58. The van der Waals surface area contributed by atoms with Gasteiger partial charge in [0.25, 0.3) is 0 Å². The van der Waals surface area contributed by atoms with Crippen LogP contribution in [0.1, 0.15) is 24.8 Å². The molecule has 0 aliphatic carbocycles. The van der Waals surface area contributed by atoms with Crippen molar-refractivity contribution in [3.05, 3.63) is 35.9 Å². The Balaban J connectivity index is 2.59. The summed E-state index contributed by atoms with van der Waals surface area (Å²) < 4.78 is 0. The number of halogens is 1. The molecular formula is C13H18ClNO2. The lowest BCUT2D eigenvalue weighted by atomic mass is 10.0. The molecule has 17 heavy (non-hydrogen) atoms. The molecule has 0 spiro atoms. The van der Waals surface area contributed by atoms with Crippen LogP contribution < -0.4 is 5.32 Å². The van der Waals surface area contributed by atoms with Gasteiger partial charge in [-0.25, -0.2) is 0 Å². The topological polar surface area (TPSA) is 49.3 Å². The van der Waals surface area contributed by atoms with E-state index in [9.17, 15) is 4.79 Å². The van der Waals surface area contributed by atoms with Crippen molar-refractivity contribution in [1.29, 1.82) is 0 Å². The molecule has 1 aromatic carbocycles. The Kier molecular flexibility index (Phi) is 5.45. The van der Waals surface area contributed by atoms with Gasteiger partial charge in [-0.15, -0.1) is 11.6 Å². The van der Waals surface area contributed by atoms with Gasteiger partial charge in [-0.1, -0.05) is 37.3 Å². The normalized spacial score (nSPS) is 16.0. The number of carbonyl (C=O) groups excluding carboxylic acids is 1. The number of aliphatic hydroxyl groups excluding tert-OH is 1. The summed E-state index contributed by atoms with van der Waals surface area (Å²) in [5.41, 5.74) is 0.774. The number of carbonyl (C=O) groups is 1. The Morgan fingerprint density at radius 3 is 2.47 bits per heavy atom. The number of amides is 1. The molecular weight excluding hydrogens is 238 g/mol. The van der Waals surface area contributed by atoms with Crippen LogP contribution in [0.25, 0.3) is 0 Å². The van der Waals surface area contributed by atoms with Crippen molar-refractivity contribution in [2.45, 2.75) is 25.3 Å². The second-order valence-electron chi connectivity index (χ2n) is 4.23. The van der Waals surface area contributed by atoms with Crippen LogP contribution in [0.2, 0.25) is 0 Å². The predicted octanol–water partition coefficient (Wildman–Crippen LogP) is 2.10. The Morgan fingerprint density at radius 2 is 1.94 bits per heavy atom. The van der Waals surface area contributed by atoms with Gasteiger partial charge in [-0.2, -0.15) is 0 Å². The maximum Gasteiger partial charge on any atom is 0.242 e. The standard InChI is InChI=1S/C13H18ClNO2/c1-9(8-16)10(2)15-13(17)12(14)11-6-4-3-5-7-11/h3-7,9-10,12,16H,8H2,1-2H3,(H,15,17). The first-order chi connectivity index (χ1) is 8.06. The number of hydrogen-bond acceptors (Lipinski definition) is 2. The third-order valence-corrected chi connectivity index (χ3v) is 3.28. The van der Waals surface area contributed by atoms with Crippen molar-refractivity contribution in [3.8, 4) is 0 Å². The molecule has 0 saturated carbocycles. The maximum absolute atomic E-state index is 11.8. The van der Waals surface area contributed by atoms with Gasteiger partial charge < -0.3 is 10.4 Å². The number of benzene rings is 1. The highest BCUT2D eigenvalue weighted by molar-refractivity contribution is 6.30. The van der Waals surface area contributed by atoms with E-state index in [1.807, 2.05) is 44.2 Å². The number of aliphatic hydroxyl groups is 1. The van der Waals surface area contributed by atoms with Gasteiger partial charge in [-0.3, -0.25) is 4.79 Å². The van der Waals surface area contributed by atoms with Crippen molar-refractivity contribution in [2.75, 3.05) is 6.61 Å². The van der Waals surface area contributed by atoms with Crippen LogP contribution in [0.4, 0.5) is 0 Å². The smallest absolute Gasteiger partial charge is 0.242 e. The number of hydrogen-bond donors (Lipinski definition) is 2. The molecule has 0 aliphatic rings. The summed E-state index contributed by atoms with van der Waals surface area (Å²) in [5, 5.41) is 11.1. The lowest BCUT2D eigenvalue weighted by Crippen LogP contribution is -2.39. The summed E-state index contributed by atoms with van der Waals surface area (Å²) in [6.07, 6.45) is 0. The number of nitrogens with one attached hydrogen (secondary N) is 1. The van der Waals surface area contributed by atoms with Gasteiger partial charge in [0.15, 0.2) is 0 Å². The van der Waals surface area contributed by atoms with Crippen molar-refractivity contribution >= 4 is 17.5 Å². The zero-order valence-corrected chi connectivity index (χ0v) is 10.8. The van der Waals surface area contributed by atoms with Crippen molar-refractivity contribution in [1.82, 2.24) is 5.32 Å². The van der Waals surface area contributed by atoms with Gasteiger partial charge in [0.1, 0.15) is 5.38 Å². The lowest BCUT2D eigenvalue weighted by Gasteiger charge is -2.21. The monoisotopic (exact) mass is 255 g/mol. The largest absolute Gasteiger partial charge is 0.396 e. The molecule has 0 heterocycles. The van der Waals surface area contributed by atoms with Gasteiger partial charge in [0.05, 0.1) is 0 Å². The molecule has 4 heteroatoms. The van der Waals surface area contributed by atoms with E-state index >= 15 is 0 Å². The highest BCUT2D eigenvalue weighted by Crippen LogP contribution is 2.20. The van der Waals surface area contributed by atoms with Gasteiger partial charge in [-0.05, 0) is 18.4 Å². The molecule has 1 aromatic rings. The van der Waals surface area contributed by atoms with Crippen molar-refractivity contribution in [2.24, 2.45) is 5.92 Å². The zero-order valence-electron chi connectivity index (χ0n) is 10.1. The van der Waals surface area contributed by atoms with Crippen LogP contribution in [0.3, 0.4) is 0 Å². The van der Waals surface area contributed by atoms with Crippen LogP contribution in [0, 0.1) is 5.92 Å². The predicted molar refractivity (Wildman–Crippen MR) is 68.9 cm³/mol. The summed E-state index contributed by atoms with van der Waals surface area (Å²) >= 11 is 6.07. The Bertz CT molecular complexity index is 356. The first kappa shape index (κ1) is 14.0. The van der Waals surface area contributed by atoms with Gasteiger partial charge in [0, 0.05) is 12.6 Å². The van der Waals surface area contributed by atoms with Crippen LogP contribution in [-0.4, -0.2) is 23.7 Å². The van der Waals surface area contributed by atoms with Gasteiger partial charge in [0.2, 0.25) is 5.91 Å². The quantitative estimate of drug-likeness (QED) is 0.792.